The van der Waals surface area contributed by atoms with Gasteiger partial charge in [0.15, 0.2) is 0 Å². The van der Waals surface area contributed by atoms with Crippen LogP contribution in [0.5, 0.6) is 0 Å². The summed E-state index contributed by atoms with van der Waals surface area (Å²) < 4.78 is 50.5. The minimum Gasteiger partial charge on any atom is -0.391 e. The molecule has 110 valence electrons. The van der Waals surface area contributed by atoms with Gasteiger partial charge in [-0.15, -0.1) is 12.4 Å². The molecule has 0 fully saturated rings. The normalized spacial score (nSPS) is 14.7. The Hall–Kier alpha value is -0.850. The van der Waals surface area contributed by atoms with Crippen molar-refractivity contribution in [2.45, 2.75) is 38.1 Å². The molecule has 1 aromatic rings. The molecule has 0 bridgehead atoms. The first kappa shape index (κ1) is 18.1. The minimum absolute atomic E-state index is 0. The topological polar surface area (TPSA) is 46.2 Å². The zero-order chi connectivity index (χ0) is 13.9. The number of alkyl halides is 3. The Labute approximate surface area is 115 Å². The molecule has 3 N–H and O–H groups in total. The fourth-order valence-electron chi connectivity index (χ4n) is 1.66. The van der Waals surface area contributed by atoms with Gasteiger partial charge in [-0.25, -0.2) is 4.39 Å². The Bertz CT molecular complexity index is 411. The second-order valence-electron chi connectivity index (χ2n) is 4.12. The van der Waals surface area contributed by atoms with Crippen LogP contribution in [0.1, 0.15) is 36.9 Å². The molecule has 0 aliphatic carbocycles. The zero-order valence-corrected chi connectivity index (χ0v) is 11.1. The summed E-state index contributed by atoms with van der Waals surface area (Å²) in [5.41, 5.74) is 4.44. The van der Waals surface area contributed by atoms with Crippen molar-refractivity contribution in [3.05, 3.63) is 35.1 Å². The van der Waals surface area contributed by atoms with Gasteiger partial charge in [0.1, 0.15) is 5.82 Å². The first-order valence-corrected chi connectivity index (χ1v) is 5.57. The van der Waals surface area contributed by atoms with E-state index in [1.807, 2.05) is 6.92 Å². The average Bonchev–Trinajstić information content (AvgIpc) is 2.27. The fraction of sp³-hybridized carbons (Fsp3) is 0.500. The summed E-state index contributed by atoms with van der Waals surface area (Å²) in [7, 11) is 0. The summed E-state index contributed by atoms with van der Waals surface area (Å²) in [6.07, 6.45) is -4.55. The maximum atomic E-state index is 13.5. The van der Waals surface area contributed by atoms with E-state index in [0.29, 0.717) is 18.9 Å². The average molecular weight is 302 g/mol. The molecular formula is C12H16ClF4NO. The lowest BCUT2D eigenvalue weighted by molar-refractivity contribution is -0.137. The first-order valence-electron chi connectivity index (χ1n) is 5.57. The molecule has 1 aromatic carbocycles. The number of hydrogen-bond donors (Lipinski definition) is 2. The van der Waals surface area contributed by atoms with Gasteiger partial charge < -0.3 is 10.8 Å². The van der Waals surface area contributed by atoms with Crippen molar-refractivity contribution in [3.63, 3.8) is 0 Å². The SMILES string of the molecule is CCC[C@H](O)[C@H](N)c1ccc(C(F)(F)F)cc1F.Cl. The van der Waals surface area contributed by atoms with Crippen molar-refractivity contribution in [2.75, 3.05) is 0 Å². The third-order valence-electron chi connectivity index (χ3n) is 2.69. The molecule has 0 spiro atoms. The molecule has 0 saturated carbocycles. The standard InChI is InChI=1S/C12H15F4NO.ClH/c1-2-3-10(18)11(17)8-5-4-7(6-9(8)13)12(14,15)16;/h4-6,10-11,18H,2-3,17H2,1H3;1H/t10-,11+;/m0./s1. The van der Waals surface area contributed by atoms with E-state index < -0.39 is 29.7 Å². The Kier molecular flexibility index (Phi) is 6.76. The Morgan fingerprint density at radius 1 is 1.32 bits per heavy atom. The number of benzene rings is 1. The van der Waals surface area contributed by atoms with Gasteiger partial charge in [-0.2, -0.15) is 13.2 Å². The quantitative estimate of drug-likeness (QED) is 0.837. The Morgan fingerprint density at radius 2 is 1.89 bits per heavy atom. The lowest BCUT2D eigenvalue weighted by atomic mass is 9.97. The molecule has 0 heterocycles. The van der Waals surface area contributed by atoms with Crippen molar-refractivity contribution < 1.29 is 22.7 Å². The lowest BCUT2D eigenvalue weighted by Crippen LogP contribution is -2.27. The van der Waals surface area contributed by atoms with Gasteiger partial charge in [0.05, 0.1) is 17.7 Å². The molecule has 0 amide bonds. The lowest BCUT2D eigenvalue weighted by Gasteiger charge is -2.19. The third kappa shape index (κ3) is 4.63. The molecular weight excluding hydrogens is 286 g/mol. The van der Waals surface area contributed by atoms with E-state index in [4.69, 9.17) is 5.73 Å². The predicted octanol–water partition coefficient (Wildman–Crippen LogP) is 3.43. The van der Waals surface area contributed by atoms with Crippen molar-refractivity contribution in [1.82, 2.24) is 0 Å². The van der Waals surface area contributed by atoms with E-state index in [9.17, 15) is 22.7 Å². The van der Waals surface area contributed by atoms with Gasteiger partial charge in [0, 0.05) is 5.56 Å². The van der Waals surface area contributed by atoms with Crippen molar-refractivity contribution in [2.24, 2.45) is 5.73 Å². The predicted molar refractivity (Wildman–Crippen MR) is 66.5 cm³/mol. The summed E-state index contributed by atoms with van der Waals surface area (Å²) in [6.45, 7) is 1.82. The van der Waals surface area contributed by atoms with Crippen molar-refractivity contribution in [3.8, 4) is 0 Å². The number of aliphatic hydroxyl groups is 1. The zero-order valence-electron chi connectivity index (χ0n) is 10.2. The number of aliphatic hydroxyl groups excluding tert-OH is 1. The summed E-state index contributed by atoms with van der Waals surface area (Å²) in [6, 6.07) is 1.11. The monoisotopic (exact) mass is 301 g/mol. The van der Waals surface area contributed by atoms with E-state index in [0.717, 1.165) is 12.1 Å². The molecule has 2 atom stereocenters. The van der Waals surface area contributed by atoms with Crippen molar-refractivity contribution in [1.29, 1.82) is 0 Å². The van der Waals surface area contributed by atoms with E-state index in [1.54, 1.807) is 0 Å². The second-order valence-corrected chi connectivity index (χ2v) is 4.12. The number of halogens is 5. The van der Waals surface area contributed by atoms with Gasteiger partial charge in [0.2, 0.25) is 0 Å². The molecule has 0 radical (unpaired) electrons. The van der Waals surface area contributed by atoms with Gasteiger partial charge in [-0.1, -0.05) is 19.4 Å². The van der Waals surface area contributed by atoms with Gasteiger partial charge in [0.25, 0.3) is 0 Å². The van der Waals surface area contributed by atoms with Crippen LogP contribution in [0.25, 0.3) is 0 Å². The highest BCUT2D eigenvalue weighted by atomic mass is 35.5. The van der Waals surface area contributed by atoms with Crippen LogP contribution in [-0.2, 0) is 6.18 Å². The highest BCUT2D eigenvalue weighted by molar-refractivity contribution is 5.85. The van der Waals surface area contributed by atoms with Gasteiger partial charge >= 0.3 is 6.18 Å². The molecule has 19 heavy (non-hydrogen) atoms. The molecule has 7 heteroatoms. The van der Waals surface area contributed by atoms with Crippen molar-refractivity contribution >= 4 is 12.4 Å². The van der Waals surface area contributed by atoms with E-state index in [-0.39, 0.29) is 18.0 Å². The number of hydrogen-bond acceptors (Lipinski definition) is 2. The Morgan fingerprint density at radius 3 is 2.32 bits per heavy atom. The van der Waals surface area contributed by atoms with E-state index in [2.05, 4.69) is 0 Å². The summed E-state index contributed by atoms with van der Waals surface area (Å²) >= 11 is 0. The maximum absolute atomic E-state index is 13.5. The molecule has 0 saturated heterocycles. The van der Waals surface area contributed by atoms with Gasteiger partial charge in [-0.05, 0) is 18.6 Å². The first-order chi connectivity index (χ1) is 8.27. The van der Waals surface area contributed by atoms with E-state index in [1.165, 1.54) is 0 Å². The molecule has 1 rings (SSSR count). The van der Waals surface area contributed by atoms with Crippen LogP contribution in [0.2, 0.25) is 0 Å². The van der Waals surface area contributed by atoms with Crippen LogP contribution in [-0.4, -0.2) is 11.2 Å². The smallest absolute Gasteiger partial charge is 0.391 e. The molecule has 0 aliphatic rings. The maximum Gasteiger partial charge on any atom is 0.416 e. The van der Waals surface area contributed by atoms with Gasteiger partial charge in [-0.3, -0.25) is 0 Å². The van der Waals surface area contributed by atoms with Crippen LogP contribution in [0, 0.1) is 5.82 Å². The van der Waals surface area contributed by atoms with E-state index >= 15 is 0 Å². The summed E-state index contributed by atoms with van der Waals surface area (Å²) in [4.78, 5) is 0. The molecule has 0 unspecified atom stereocenters. The highest BCUT2D eigenvalue weighted by Gasteiger charge is 2.32. The summed E-state index contributed by atoms with van der Waals surface area (Å²) in [5.74, 6) is -1.05. The molecule has 0 aromatic heterocycles. The number of rotatable bonds is 4. The fourth-order valence-corrected chi connectivity index (χ4v) is 1.66. The van der Waals surface area contributed by atoms with Crippen LogP contribution >= 0.6 is 12.4 Å². The third-order valence-corrected chi connectivity index (χ3v) is 2.69. The summed E-state index contributed by atoms with van der Waals surface area (Å²) in [5, 5.41) is 9.61. The van der Waals surface area contributed by atoms with Crippen LogP contribution in [0.4, 0.5) is 17.6 Å². The molecule has 2 nitrogen and oxygen atoms in total. The largest absolute Gasteiger partial charge is 0.416 e. The number of nitrogens with two attached hydrogens (primary N) is 1. The minimum atomic E-state index is -4.59. The molecule has 0 aliphatic heterocycles. The highest BCUT2D eigenvalue weighted by Crippen LogP contribution is 2.31. The Balaban J connectivity index is 0.00000324. The van der Waals surface area contributed by atoms with Crippen LogP contribution in [0.3, 0.4) is 0 Å². The second kappa shape index (κ2) is 7.07. The van der Waals surface area contributed by atoms with Crippen LogP contribution in [0.15, 0.2) is 18.2 Å². The van der Waals surface area contributed by atoms with Crippen LogP contribution < -0.4 is 5.73 Å².